The van der Waals surface area contributed by atoms with E-state index in [2.05, 4.69) is 15.3 Å². The van der Waals surface area contributed by atoms with Gasteiger partial charge in [-0.25, -0.2) is 9.97 Å². The second kappa shape index (κ2) is 7.45. The smallest absolute Gasteiger partial charge is 0.259 e. The zero-order valence-electron chi connectivity index (χ0n) is 15.7. The van der Waals surface area contributed by atoms with Crippen LogP contribution in [0.5, 0.6) is 0 Å². The average molecular weight is 357 g/mol. The van der Waals surface area contributed by atoms with E-state index in [0.717, 1.165) is 18.6 Å². The van der Waals surface area contributed by atoms with Gasteiger partial charge >= 0.3 is 0 Å². The van der Waals surface area contributed by atoms with Crippen molar-refractivity contribution in [2.24, 2.45) is 5.73 Å². The van der Waals surface area contributed by atoms with Crippen LogP contribution in [0.1, 0.15) is 55.6 Å². The Hall–Kier alpha value is -2.41. The van der Waals surface area contributed by atoms with Crippen LogP contribution < -0.4 is 11.1 Å². The van der Waals surface area contributed by atoms with Gasteiger partial charge in [0.2, 0.25) is 0 Å². The Kier molecular flexibility index (Phi) is 5.27. The number of carbonyl (C=O) groups excluding carboxylic acids is 1. The first-order chi connectivity index (χ1) is 12.3. The summed E-state index contributed by atoms with van der Waals surface area (Å²) in [5, 5.41) is 3.24. The molecule has 7 nitrogen and oxygen atoms in total. The molecule has 2 aromatic rings. The molecule has 3 rings (SSSR count). The van der Waals surface area contributed by atoms with E-state index in [9.17, 15) is 4.79 Å². The summed E-state index contributed by atoms with van der Waals surface area (Å²) >= 11 is 0. The van der Waals surface area contributed by atoms with Gasteiger partial charge in [0.25, 0.3) is 5.91 Å². The van der Waals surface area contributed by atoms with Gasteiger partial charge in [-0.1, -0.05) is 20.8 Å². The maximum absolute atomic E-state index is 13.0. The average Bonchev–Trinajstić information content (AvgIpc) is 3.12. The first-order valence-electron chi connectivity index (χ1n) is 9.03. The van der Waals surface area contributed by atoms with E-state index >= 15 is 0 Å². The summed E-state index contributed by atoms with van der Waals surface area (Å²) in [5.41, 5.74) is 6.29. The number of carbonyl (C=O) groups is 1. The van der Waals surface area contributed by atoms with Gasteiger partial charge in [0, 0.05) is 30.7 Å². The molecule has 1 aliphatic heterocycles. The van der Waals surface area contributed by atoms with Crippen molar-refractivity contribution in [1.29, 1.82) is 0 Å². The monoisotopic (exact) mass is 357 g/mol. The number of hydrogen-bond acceptors (Lipinski definition) is 6. The Balaban J connectivity index is 1.88. The van der Waals surface area contributed by atoms with Crippen molar-refractivity contribution in [2.75, 3.05) is 18.4 Å². The number of nitrogens with two attached hydrogens (primary N) is 1. The van der Waals surface area contributed by atoms with Gasteiger partial charge in [0.15, 0.2) is 0 Å². The minimum Gasteiger partial charge on any atom is -0.467 e. The van der Waals surface area contributed by atoms with Crippen LogP contribution in [0, 0.1) is 0 Å². The minimum atomic E-state index is -0.212. The summed E-state index contributed by atoms with van der Waals surface area (Å²) in [6.45, 7) is 7.87. The zero-order chi connectivity index (χ0) is 18.7. The highest BCUT2D eigenvalue weighted by molar-refractivity contribution is 5.98. The van der Waals surface area contributed by atoms with Crippen LogP contribution in [-0.2, 0) is 12.0 Å². The van der Waals surface area contributed by atoms with Crippen molar-refractivity contribution >= 4 is 11.7 Å². The fourth-order valence-corrected chi connectivity index (χ4v) is 2.98. The molecule has 1 fully saturated rings. The van der Waals surface area contributed by atoms with Gasteiger partial charge in [-0.2, -0.15) is 0 Å². The molecule has 0 aromatic carbocycles. The second-order valence-corrected chi connectivity index (χ2v) is 7.79. The van der Waals surface area contributed by atoms with Crippen molar-refractivity contribution in [3.05, 3.63) is 41.7 Å². The predicted molar refractivity (Wildman–Crippen MR) is 99.9 cm³/mol. The lowest BCUT2D eigenvalue weighted by molar-refractivity contribution is 0.0708. The molecule has 1 atom stereocenters. The van der Waals surface area contributed by atoms with Crippen molar-refractivity contribution in [3.63, 3.8) is 0 Å². The summed E-state index contributed by atoms with van der Waals surface area (Å²) in [4.78, 5) is 23.9. The molecule has 26 heavy (non-hydrogen) atoms. The number of amides is 1. The summed E-state index contributed by atoms with van der Waals surface area (Å²) in [6.07, 6.45) is 5.12. The van der Waals surface area contributed by atoms with E-state index in [-0.39, 0.29) is 17.4 Å². The molecule has 3 heterocycles. The Morgan fingerprint density at radius 1 is 1.46 bits per heavy atom. The molecular weight excluding hydrogens is 330 g/mol. The molecule has 0 bridgehead atoms. The molecule has 1 amide bonds. The molecule has 1 saturated heterocycles. The van der Waals surface area contributed by atoms with Crippen molar-refractivity contribution in [1.82, 2.24) is 14.9 Å². The van der Waals surface area contributed by atoms with Crippen molar-refractivity contribution in [2.45, 2.75) is 51.6 Å². The fraction of sp³-hybridized carbons (Fsp3) is 0.526. The maximum atomic E-state index is 13.0. The molecular formula is C19H27N5O2. The number of furan rings is 1. The number of likely N-dealkylation sites (tertiary alicyclic amines) is 1. The van der Waals surface area contributed by atoms with Crippen LogP contribution >= 0.6 is 0 Å². The van der Waals surface area contributed by atoms with E-state index in [4.69, 9.17) is 10.2 Å². The van der Waals surface area contributed by atoms with E-state index < -0.39 is 0 Å². The van der Waals surface area contributed by atoms with Gasteiger partial charge in [0.05, 0.1) is 12.8 Å². The third kappa shape index (κ3) is 4.22. The summed E-state index contributed by atoms with van der Waals surface area (Å²) in [5.74, 6) is 1.92. The Bertz CT molecular complexity index is 752. The SMILES string of the molecule is CC(C)(C)c1ncc(C(=O)N2CCCC(N)C2)c(NCc2ccco2)n1. The number of hydrogen-bond donors (Lipinski definition) is 2. The number of anilines is 1. The number of nitrogens with zero attached hydrogens (tertiary/aromatic N) is 3. The first-order valence-corrected chi connectivity index (χ1v) is 9.03. The Morgan fingerprint density at radius 3 is 2.92 bits per heavy atom. The van der Waals surface area contributed by atoms with Crippen LogP contribution in [-0.4, -0.2) is 39.9 Å². The highest BCUT2D eigenvalue weighted by atomic mass is 16.3. The Labute approximate surface area is 154 Å². The fourth-order valence-electron chi connectivity index (χ4n) is 2.98. The zero-order valence-corrected chi connectivity index (χ0v) is 15.7. The van der Waals surface area contributed by atoms with Crippen LogP contribution in [0.4, 0.5) is 5.82 Å². The van der Waals surface area contributed by atoms with Crippen LogP contribution in [0.2, 0.25) is 0 Å². The highest BCUT2D eigenvalue weighted by Gasteiger charge is 2.27. The lowest BCUT2D eigenvalue weighted by atomic mass is 9.95. The molecule has 2 aromatic heterocycles. The molecule has 0 spiro atoms. The van der Waals surface area contributed by atoms with Crippen molar-refractivity contribution in [3.8, 4) is 0 Å². The van der Waals surface area contributed by atoms with Crippen LogP contribution in [0.3, 0.4) is 0 Å². The quantitative estimate of drug-likeness (QED) is 0.873. The predicted octanol–water partition coefficient (Wildman–Crippen LogP) is 2.54. The van der Waals surface area contributed by atoms with Crippen molar-refractivity contribution < 1.29 is 9.21 Å². The molecule has 0 radical (unpaired) electrons. The highest BCUT2D eigenvalue weighted by Crippen LogP contribution is 2.24. The maximum Gasteiger partial charge on any atom is 0.259 e. The van der Waals surface area contributed by atoms with Gasteiger partial charge in [0.1, 0.15) is 23.0 Å². The summed E-state index contributed by atoms with van der Waals surface area (Å²) < 4.78 is 5.37. The molecule has 7 heteroatoms. The van der Waals surface area contributed by atoms with E-state index in [1.807, 2.05) is 32.9 Å². The minimum absolute atomic E-state index is 0.0296. The van der Waals surface area contributed by atoms with E-state index in [1.54, 1.807) is 17.4 Å². The van der Waals surface area contributed by atoms with Gasteiger partial charge in [-0.3, -0.25) is 4.79 Å². The topological polar surface area (TPSA) is 97.3 Å². The summed E-state index contributed by atoms with van der Waals surface area (Å²) in [7, 11) is 0. The lowest BCUT2D eigenvalue weighted by Crippen LogP contribution is -2.46. The first kappa shape index (κ1) is 18.4. The molecule has 0 aliphatic carbocycles. The number of piperidine rings is 1. The number of aromatic nitrogens is 2. The standard InChI is InChI=1S/C19H27N5O2/c1-19(2,3)18-22-11-15(17(25)24-8-4-6-13(20)12-24)16(23-18)21-10-14-7-5-9-26-14/h5,7,9,11,13H,4,6,8,10,12,20H2,1-3H3,(H,21,22,23). The van der Waals surface area contributed by atoms with Crippen LogP contribution in [0.25, 0.3) is 0 Å². The van der Waals surface area contributed by atoms with Gasteiger partial charge in [-0.15, -0.1) is 0 Å². The van der Waals surface area contributed by atoms with Gasteiger partial charge in [-0.05, 0) is 25.0 Å². The van der Waals surface area contributed by atoms with E-state index in [0.29, 0.717) is 36.8 Å². The van der Waals surface area contributed by atoms with Crippen LogP contribution in [0.15, 0.2) is 29.0 Å². The third-order valence-corrected chi connectivity index (χ3v) is 4.45. The van der Waals surface area contributed by atoms with E-state index in [1.165, 1.54) is 0 Å². The second-order valence-electron chi connectivity index (χ2n) is 7.79. The normalized spacial score (nSPS) is 18.0. The molecule has 140 valence electrons. The van der Waals surface area contributed by atoms with Gasteiger partial charge < -0.3 is 20.4 Å². The third-order valence-electron chi connectivity index (χ3n) is 4.45. The largest absolute Gasteiger partial charge is 0.467 e. The molecule has 0 saturated carbocycles. The molecule has 3 N–H and O–H groups in total. The number of rotatable bonds is 4. The molecule has 1 unspecified atom stereocenters. The molecule has 1 aliphatic rings. The number of nitrogens with one attached hydrogen (secondary N) is 1. The lowest BCUT2D eigenvalue weighted by Gasteiger charge is -2.31. The summed E-state index contributed by atoms with van der Waals surface area (Å²) in [6, 6.07) is 3.74. The Morgan fingerprint density at radius 2 is 2.27 bits per heavy atom.